The molecule has 18 heavy (non-hydrogen) atoms. The van der Waals surface area contributed by atoms with Gasteiger partial charge >= 0.3 is 5.97 Å². The molecule has 1 fully saturated rings. The highest BCUT2D eigenvalue weighted by Crippen LogP contribution is 2.28. The van der Waals surface area contributed by atoms with Crippen LogP contribution in [-0.4, -0.2) is 31.3 Å². The van der Waals surface area contributed by atoms with Crippen molar-refractivity contribution >= 4 is 11.7 Å². The first-order valence-corrected chi connectivity index (χ1v) is 6.30. The fraction of sp³-hybridized carbons (Fsp3) is 0.500. The first-order valence-electron chi connectivity index (χ1n) is 6.30. The quantitative estimate of drug-likeness (QED) is 0.870. The summed E-state index contributed by atoms with van der Waals surface area (Å²) >= 11 is 0. The molecular formula is C14H19NO3. The molecule has 1 saturated heterocycles. The van der Waals surface area contributed by atoms with Crippen LogP contribution in [0.25, 0.3) is 0 Å². The van der Waals surface area contributed by atoms with Crippen LogP contribution in [0, 0.1) is 5.92 Å². The molecule has 1 aromatic carbocycles. The number of rotatable bonds is 5. The van der Waals surface area contributed by atoms with Crippen LogP contribution in [0.15, 0.2) is 24.3 Å². The largest absolute Gasteiger partial charge is 0.497 e. The molecule has 0 radical (unpaired) electrons. The molecule has 0 saturated carbocycles. The van der Waals surface area contributed by atoms with E-state index >= 15 is 0 Å². The maximum Gasteiger partial charge on any atom is 0.303 e. The summed E-state index contributed by atoms with van der Waals surface area (Å²) in [5.41, 5.74) is 1.16. The van der Waals surface area contributed by atoms with E-state index in [1.54, 1.807) is 7.11 Å². The van der Waals surface area contributed by atoms with E-state index in [-0.39, 0.29) is 6.42 Å². The minimum absolute atomic E-state index is 0.274. The van der Waals surface area contributed by atoms with Gasteiger partial charge in [0.25, 0.3) is 0 Å². The lowest BCUT2D eigenvalue weighted by Crippen LogP contribution is -2.19. The second-order valence-corrected chi connectivity index (χ2v) is 4.73. The molecule has 1 aliphatic heterocycles. The SMILES string of the molecule is COc1cccc(N2CCC(CCC(=O)O)C2)c1. The Bertz CT molecular complexity index is 419. The molecule has 2 rings (SSSR count). The Hall–Kier alpha value is -1.71. The smallest absolute Gasteiger partial charge is 0.303 e. The van der Waals surface area contributed by atoms with Crippen molar-refractivity contribution in [3.63, 3.8) is 0 Å². The number of benzene rings is 1. The molecule has 1 unspecified atom stereocenters. The molecule has 1 N–H and O–H groups in total. The van der Waals surface area contributed by atoms with Gasteiger partial charge in [0.15, 0.2) is 0 Å². The lowest BCUT2D eigenvalue weighted by Gasteiger charge is -2.19. The molecule has 0 spiro atoms. The molecule has 1 aromatic rings. The summed E-state index contributed by atoms with van der Waals surface area (Å²) in [4.78, 5) is 12.9. The first-order chi connectivity index (χ1) is 8.69. The Morgan fingerprint density at radius 2 is 2.39 bits per heavy atom. The second kappa shape index (κ2) is 5.76. The van der Waals surface area contributed by atoms with E-state index in [2.05, 4.69) is 11.0 Å². The summed E-state index contributed by atoms with van der Waals surface area (Å²) in [7, 11) is 1.67. The maximum absolute atomic E-state index is 10.6. The van der Waals surface area contributed by atoms with Gasteiger partial charge in [0.2, 0.25) is 0 Å². The highest BCUT2D eigenvalue weighted by Gasteiger charge is 2.23. The summed E-state index contributed by atoms with van der Waals surface area (Å²) in [5.74, 6) is 0.656. The van der Waals surface area contributed by atoms with E-state index in [1.807, 2.05) is 18.2 Å². The van der Waals surface area contributed by atoms with E-state index in [0.717, 1.165) is 37.4 Å². The third-order valence-electron chi connectivity index (χ3n) is 3.47. The molecule has 0 amide bonds. The van der Waals surface area contributed by atoms with Gasteiger partial charge in [0.1, 0.15) is 5.75 Å². The van der Waals surface area contributed by atoms with E-state index in [0.29, 0.717) is 5.92 Å². The highest BCUT2D eigenvalue weighted by molar-refractivity contribution is 5.66. The molecule has 4 nitrogen and oxygen atoms in total. The van der Waals surface area contributed by atoms with Gasteiger partial charge in [-0.25, -0.2) is 0 Å². The number of nitrogens with zero attached hydrogens (tertiary/aromatic N) is 1. The van der Waals surface area contributed by atoms with Gasteiger partial charge in [-0.15, -0.1) is 0 Å². The van der Waals surface area contributed by atoms with Crippen molar-refractivity contribution in [2.24, 2.45) is 5.92 Å². The van der Waals surface area contributed by atoms with Crippen molar-refractivity contribution in [3.8, 4) is 5.75 Å². The number of carboxylic acids is 1. The van der Waals surface area contributed by atoms with E-state index in [9.17, 15) is 4.79 Å². The first kappa shape index (κ1) is 12.7. The van der Waals surface area contributed by atoms with Crippen molar-refractivity contribution < 1.29 is 14.6 Å². The Morgan fingerprint density at radius 3 is 3.11 bits per heavy atom. The predicted octanol–water partition coefficient (Wildman–Crippen LogP) is 2.39. The van der Waals surface area contributed by atoms with Gasteiger partial charge in [0, 0.05) is 31.3 Å². The van der Waals surface area contributed by atoms with E-state index in [1.165, 1.54) is 0 Å². The Labute approximate surface area is 107 Å². The minimum atomic E-state index is -0.699. The lowest BCUT2D eigenvalue weighted by atomic mass is 10.0. The number of aliphatic carboxylic acids is 1. The zero-order valence-electron chi connectivity index (χ0n) is 10.6. The van der Waals surface area contributed by atoms with Gasteiger partial charge in [-0.05, 0) is 30.9 Å². The molecule has 0 bridgehead atoms. The average Bonchev–Trinajstić information content (AvgIpc) is 2.85. The van der Waals surface area contributed by atoms with Crippen LogP contribution in [0.4, 0.5) is 5.69 Å². The van der Waals surface area contributed by atoms with Gasteiger partial charge in [-0.2, -0.15) is 0 Å². The van der Waals surface area contributed by atoms with Crippen molar-refractivity contribution in [3.05, 3.63) is 24.3 Å². The molecule has 4 heteroatoms. The van der Waals surface area contributed by atoms with Gasteiger partial charge < -0.3 is 14.7 Å². The molecule has 0 aliphatic carbocycles. The van der Waals surface area contributed by atoms with E-state index in [4.69, 9.17) is 9.84 Å². The molecular weight excluding hydrogens is 230 g/mol. The number of hydrogen-bond acceptors (Lipinski definition) is 3. The molecule has 1 aliphatic rings. The summed E-state index contributed by atoms with van der Waals surface area (Å²) < 4.78 is 5.22. The standard InChI is InChI=1S/C14H19NO3/c1-18-13-4-2-3-12(9-13)15-8-7-11(10-15)5-6-14(16)17/h2-4,9,11H,5-8,10H2,1H3,(H,16,17). The third-order valence-corrected chi connectivity index (χ3v) is 3.47. The normalized spacial score (nSPS) is 18.9. The molecule has 98 valence electrons. The zero-order chi connectivity index (χ0) is 13.0. The van der Waals surface area contributed by atoms with Crippen LogP contribution in [-0.2, 0) is 4.79 Å². The van der Waals surface area contributed by atoms with Crippen molar-refractivity contribution in [2.75, 3.05) is 25.1 Å². The van der Waals surface area contributed by atoms with Crippen LogP contribution in [0.2, 0.25) is 0 Å². The summed E-state index contributed by atoms with van der Waals surface area (Å²) in [6.07, 6.45) is 2.12. The number of methoxy groups -OCH3 is 1. The molecule has 1 heterocycles. The van der Waals surface area contributed by atoms with Gasteiger partial charge in [0.05, 0.1) is 7.11 Å². The van der Waals surface area contributed by atoms with Crippen molar-refractivity contribution in [1.82, 2.24) is 0 Å². The Balaban J connectivity index is 1.93. The van der Waals surface area contributed by atoms with Gasteiger partial charge in [-0.1, -0.05) is 6.07 Å². The van der Waals surface area contributed by atoms with Crippen molar-refractivity contribution in [2.45, 2.75) is 19.3 Å². The fourth-order valence-corrected chi connectivity index (χ4v) is 2.44. The van der Waals surface area contributed by atoms with Crippen molar-refractivity contribution in [1.29, 1.82) is 0 Å². The molecule has 1 atom stereocenters. The fourth-order valence-electron chi connectivity index (χ4n) is 2.44. The minimum Gasteiger partial charge on any atom is -0.497 e. The van der Waals surface area contributed by atoms with Crippen LogP contribution in [0.1, 0.15) is 19.3 Å². The number of carboxylic acid groups (broad SMARTS) is 1. The Kier molecular flexibility index (Phi) is 4.07. The lowest BCUT2D eigenvalue weighted by molar-refractivity contribution is -0.137. The topological polar surface area (TPSA) is 49.8 Å². The highest BCUT2D eigenvalue weighted by atomic mass is 16.5. The Morgan fingerprint density at radius 1 is 1.56 bits per heavy atom. The monoisotopic (exact) mass is 249 g/mol. The maximum atomic E-state index is 10.6. The summed E-state index contributed by atoms with van der Waals surface area (Å²) in [5, 5.41) is 8.69. The van der Waals surface area contributed by atoms with Crippen LogP contribution >= 0.6 is 0 Å². The van der Waals surface area contributed by atoms with Crippen LogP contribution < -0.4 is 9.64 Å². The predicted molar refractivity (Wildman–Crippen MR) is 70.2 cm³/mol. The zero-order valence-corrected chi connectivity index (χ0v) is 10.6. The molecule has 0 aromatic heterocycles. The third kappa shape index (κ3) is 3.15. The van der Waals surface area contributed by atoms with Crippen LogP contribution in [0.3, 0.4) is 0 Å². The average molecular weight is 249 g/mol. The number of hydrogen-bond donors (Lipinski definition) is 1. The number of ether oxygens (including phenoxy) is 1. The second-order valence-electron chi connectivity index (χ2n) is 4.73. The van der Waals surface area contributed by atoms with Gasteiger partial charge in [-0.3, -0.25) is 4.79 Å². The number of anilines is 1. The number of carbonyl (C=O) groups is 1. The summed E-state index contributed by atoms with van der Waals surface area (Å²) in [6, 6.07) is 8.02. The van der Waals surface area contributed by atoms with Crippen LogP contribution in [0.5, 0.6) is 5.75 Å². The summed E-state index contributed by atoms with van der Waals surface area (Å²) in [6.45, 7) is 1.94. The van der Waals surface area contributed by atoms with E-state index < -0.39 is 5.97 Å².